The van der Waals surface area contributed by atoms with Gasteiger partial charge in [0.05, 0.1) is 24.0 Å². The van der Waals surface area contributed by atoms with Crippen LogP contribution in [0.3, 0.4) is 0 Å². The first-order valence-electron chi connectivity index (χ1n) is 16.8. The van der Waals surface area contributed by atoms with Gasteiger partial charge in [-0.1, -0.05) is 37.3 Å². The third kappa shape index (κ3) is 5.67. The summed E-state index contributed by atoms with van der Waals surface area (Å²) in [6.07, 6.45) is 4.83. The van der Waals surface area contributed by atoms with Gasteiger partial charge in [-0.05, 0) is 88.3 Å². The van der Waals surface area contributed by atoms with Crippen LogP contribution in [0.1, 0.15) is 51.2 Å². The summed E-state index contributed by atoms with van der Waals surface area (Å²) in [7, 11) is 0. The molecular formula is C38H49N3O6. The van der Waals surface area contributed by atoms with Gasteiger partial charge in [0, 0.05) is 37.6 Å². The Balaban J connectivity index is 1.61. The van der Waals surface area contributed by atoms with Crippen LogP contribution in [0, 0.1) is 31.6 Å². The van der Waals surface area contributed by atoms with E-state index in [0.717, 1.165) is 16.8 Å². The summed E-state index contributed by atoms with van der Waals surface area (Å²) in [4.78, 5) is 49.6. The van der Waals surface area contributed by atoms with Crippen molar-refractivity contribution in [2.45, 2.75) is 71.1 Å². The molecule has 3 unspecified atom stereocenters. The molecule has 252 valence electrons. The maximum absolute atomic E-state index is 15.0. The number of ether oxygens (including phenoxy) is 2. The number of carbonyl (C=O) groups is 3. The minimum Gasteiger partial charge on any atom is -0.494 e. The van der Waals surface area contributed by atoms with Gasteiger partial charge in [-0.15, -0.1) is 13.2 Å². The first-order chi connectivity index (χ1) is 22.5. The zero-order chi connectivity index (χ0) is 34.1. The number of unbranched alkanes of at least 4 members (excludes halogenated alkanes) is 1. The number of likely N-dealkylation sites (tertiary alicyclic amines) is 1. The normalized spacial score (nSPS) is 27.4. The second-order valence-electron chi connectivity index (χ2n) is 13.3. The number of aliphatic hydroxyl groups is 1. The number of aryl methyl sites for hydroxylation is 2. The highest BCUT2D eigenvalue weighted by atomic mass is 16.5. The summed E-state index contributed by atoms with van der Waals surface area (Å²) < 4.78 is 12.6. The molecule has 2 aromatic rings. The Labute approximate surface area is 278 Å². The van der Waals surface area contributed by atoms with Crippen molar-refractivity contribution < 1.29 is 29.0 Å². The highest BCUT2D eigenvalue weighted by Gasteiger charge is 2.80. The first-order valence-corrected chi connectivity index (χ1v) is 16.8. The molecule has 3 heterocycles. The molecule has 1 N–H and O–H groups in total. The van der Waals surface area contributed by atoms with Crippen LogP contribution in [-0.4, -0.2) is 77.8 Å². The minimum absolute atomic E-state index is 0.0223. The molecule has 0 aromatic heterocycles. The molecule has 3 saturated heterocycles. The van der Waals surface area contributed by atoms with Gasteiger partial charge in [0.1, 0.15) is 17.4 Å². The molecule has 0 saturated carbocycles. The van der Waals surface area contributed by atoms with Crippen molar-refractivity contribution in [2.24, 2.45) is 17.8 Å². The Morgan fingerprint density at radius 3 is 2.28 bits per heavy atom. The van der Waals surface area contributed by atoms with E-state index in [1.165, 1.54) is 0 Å². The van der Waals surface area contributed by atoms with Gasteiger partial charge in [0.25, 0.3) is 5.91 Å². The number of para-hydroxylation sites is 1. The number of carbonyl (C=O) groups excluding carboxylic acids is 3. The molecule has 3 aliphatic rings. The van der Waals surface area contributed by atoms with Crippen LogP contribution in [-0.2, 0) is 19.1 Å². The lowest BCUT2D eigenvalue weighted by atomic mass is 9.62. The molecule has 5 rings (SSSR count). The van der Waals surface area contributed by atoms with Gasteiger partial charge in [0.15, 0.2) is 0 Å². The molecule has 9 heteroatoms. The zero-order valence-corrected chi connectivity index (χ0v) is 28.4. The predicted octanol–water partition coefficient (Wildman–Crippen LogP) is 5.22. The molecule has 47 heavy (non-hydrogen) atoms. The lowest BCUT2D eigenvalue weighted by molar-refractivity contribution is -0.145. The van der Waals surface area contributed by atoms with E-state index < -0.39 is 29.1 Å². The van der Waals surface area contributed by atoms with Crippen molar-refractivity contribution in [3.63, 3.8) is 0 Å². The highest BCUT2D eigenvalue weighted by Crippen LogP contribution is 2.65. The molecule has 3 fully saturated rings. The summed E-state index contributed by atoms with van der Waals surface area (Å²) in [6, 6.07) is 12.3. The van der Waals surface area contributed by atoms with Crippen LogP contribution in [0.2, 0.25) is 0 Å². The Kier molecular flexibility index (Phi) is 9.99. The Bertz CT molecular complexity index is 1500. The molecule has 0 aliphatic carbocycles. The third-order valence-electron chi connectivity index (χ3n) is 10.4. The number of anilines is 2. The fraction of sp³-hybridized carbons (Fsp3) is 0.500. The molecule has 2 aromatic carbocycles. The Morgan fingerprint density at radius 2 is 1.68 bits per heavy atom. The second-order valence-corrected chi connectivity index (χ2v) is 13.3. The molecule has 3 aliphatic heterocycles. The molecular weight excluding hydrogens is 594 g/mol. The monoisotopic (exact) mass is 643 g/mol. The topological polar surface area (TPSA) is 99.6 Å². The highest BCUT2D eigenvalue weighted by molar-refractivity contribution is 6.07. The number of hydrogen-bond donors (Lipinski definition) is 1. The summed E-state index contributed by atoms with van der Waals surface area (Å²) in [5.74, 6) is -1.81. The van der Waals surface area contributed by atoms with Crippen molar-refractivity contribution >= 4 is 29.1 Å². The Morgan fingerprint density at radius 1 is 1.04 bits per heavy atom. The maximum atomic E-state index is 15.0. The maximum Gasteiger partial charge on any atom is 0.253 e. The van der Waals surface area contributed by atoms with Gasteiger partial charge in [-0.2, -0.15) is 0 Å². The van der Waals surface area contributed by atoms with Crippen LogP contribution in [0.4, 0.5) is 11.4 Å². The average Bonchev–Trinajstić information content (AvgIpc) is 3.55. The number of nitrogens with zero attached hydrogens (tertiary/aromatic N) is 3. The van der Waals surface area contributed by atoms with E-state index >= 15 is 4.79 Å². The van der Waals surface area contributed by atoms with Crippen molar-refractivity contribution in [1.29, 1.82) is 0 Å². The van der Waals surface area contributed by atoms with Gasteiger partial charge in [0.2, 0.25) is 11.8 Å². The van der Waals surface area contributed by atoms with Crippen LogP contribution < -0.4 is 14.5 Å². The van der Waals surface area contributed by atoms with Crippen molar-refractivity contribution in [3.8, 4) is 5.75 Å². The molecule has 3 amide bonds. The van der Waals surface area contributed by atoms with Gasteiger partial charge >= 0.3 is 0 Å². The van der Waals surface area contributed by atoms with Gasteiger partial charge < -0.3 is 29.3 Å². The first kappa shape index (κ1) is 34.4. The van der Waals surface area contributed by atoms with Crippen LogP contribution in [0.15, 0.2) is 67.8 Å². The largest absolute Gasteiger partial charge is 0.494 e. The van der Waals surface area contributed by atoms with E-state index in [1.54, 1.807) is 26.9 Å². The number of amides is 3. The van der Waals surface area contributed by atoms with Gasteiger partial charge in [-0.3, -0.25) is 14.4 Å². The van der Waals surface area contributed by atoms with E-state index in [2.05, 4.69) is 13.2 Å². The fourth-order valence-electron chi connectivity index (χ4n) is 8.34. The predicted molar refractivity (Wildman–Crippen MR) is 183 cm³/mol. The zero-order valence-electron chi connectivity index (χ0n) is 28.4. The summed E-state index contributed by atoms with van der Waals surface area (Å²) in [5, 5.41) is 9.58. The van der Waals surface area contributed by atoms with Crippen molar-refractivity contribution in [3.05, 3.63) is 78.9 Å². The van der Waals surface area contributed by atoms with Crippen molar-refractivity contribution in [1.82, 2.24) is 4.90 Å². The SMILES string of the molecule is C=CCN(C(=O)[C@H]1[C@H]2C(=O)N(CCCCO)C(C(=O)N(CC=C)c3c(C)cccc3C)C23CC(C)[C@]1(C)O3)c1ccc(OCC)cc1. The van der Waals surface area contributed by atoms with Crippen LogP contribution in [0.5, 0.6) is 5.75 Å². The number of rotatable bonds is 14. The van der Waals surface area contributed by atoms with E-state index in [1.807, 2.05) is 77.1 Å². The second kappa shape index (κ2) is 13.6. The Hall–Kier alpha value is -3.95. The van der Waals surface area contributed by atoms with E-state index in [-0.39, 0.29) is 49.9 Å². The third-order valence-corrected chi connectivity index (χ3v) is 10.4. The minimum atomic E-state index is -1.20. The molecule has 0 radical (unpaired) electrons. The number of fused-ring (bicyclic) bond motifs is 1. The number of aliphatic hydroxyl groups excluding tert-OH is 1. The average molecular weight is 644 g/mol. The summed E-state index contributed by atoms with van der Waals surface area (Å²) in [6.45, 7) is 18.9. The number of hydrogen-bond acceptors (Lipinski definition) is 6. The quantitative estimate of drug-likeness (QED) is 0.224. The summed E-state index contributed by atoms with van der Waals surface area (Å²) in [5.41, 5.74) is 1.15. The van der Waals surface area contributed by atoms with E-state index in [4.69, 9.17) is 9.47 Å². The number of benzene rings is 2. The van der Waals surface area contributed by atoms with Crippen LogP contribution >= 0.6 is 0 Å². The lowest BCUT2D eigenvalue weighted by Gasteiger charge is -2.39. The molecule has 6 atom stereocenters. The molecule has 2 bridgehead atoms. The van der Waals surface area contributed by atoms with Crippen molar-refractivity contribution in [2.75, 3.05) is 42.6 Å². The van der Waals surface area contributed by atoms with Gasteiger partial charge in [-0.25, -0.2) is 0 Å². The molecule has 9 nitrogen and oxygen atoms in total. The van der Waals surface area contributed by atoms with E-state index in [0.29, 0.717) is 37.3 Å². The standard InChI is InChI=1S/C38H49N3O6/c1-8-20-39(28-16-18-29(19-17-28)46-10-3)34(43)30-31-35(44)41(22-11-12-23-42)33(38(31)24-27(6)37(30,7)47-38)36(45)40(21-9-2)32-25(4)14-13-15-26(32)5/h8-9,13-19,27,30-31,33,42H,1-2,10-12,20-24H2,3-7H3/t27?,30-,31+,33?,37+,38?/m1/s1. The van der Waals surface area contributed by atoms with Crippen LogP contribution in [0.25, 0.3) is 0 Å². The fourth-order valence-corrected chi connectivity index (χ4v) is 8.34. The summed E-state index contributed by atoms with van der Waals surface area (Å²) >= 11 is 0. The van der Waals surface area contributed by atoms with E-state index in [9.17, 15) is 14.7 Å². The lowest BCUT2D eigenvalue weighted by Crippen LogP contribution is -2.57. The smallest absolute Gasteiger partial charge is 0.253 e. The molecule has 1 spiro atoms.